The number of aromatic nitrogens is 2. The van der Waals surface area contributed by atoms with Gasteiger partial charge >= 0.3 is 0 Å². The normalized spacial score (nSPS) is 12.9. The van der Waals surface area contributed by atoms with Gasteiger partial charge in [0.2, 0.25) is 5.88 Å². The number of aryl methyl sites for hydroxylation is 1. The molecule has 3 aromatic carbocycles. The molecule has 8 heteroatoms. The summed E-state index contributed by atoms with van der Waals surface area (Å²) in [5.74, 6) is 1.28. The molecule has 0 N–H and O–H groups in total. The summed E-state index contributed by atoms with van der Waals surface area (Å²) in [6, 6.07) is 20.6. The number of amides is 1. The lowest BCUT2D eigenvalue weighted by molar-refractivity contribution is 0.0729. The van der Waals surface area contributed by atoms with Crippen LogP contribution >= 0.6 is 11.6 Å². The summed E-state index contributed by atoms with van der Waals surface area (Å²) >= 11 is 6.28. The van der Waals surface area contributed by atoms with Gasteiger partial charge in [0.15, 0.2) is 0 Å². The summed E-state index contributed by atoms with van der Waals surface area (Å²) in [6.07, 6.45) is 2.11. The molecule has 0 atom stereocenters. The van der Waals surface area contributed by atoms with Crippen molar-refractivity contribution in [3.05, 3.63) is 100 Å². The minimum atomic E-state index is -0.533. The first-order valence-electron chi connectivity index (χ1n) is 12.1. The molecule has 0 unspecified atom stereocenters. The molecular weight excluding hydrogens is 493 g/mol. The summed E-state index contributed by atoms with van der Waals surface area (Å²) in [4.78, 5) is 15.2. The Labute approximate surface area is 220 Å². The second kappa shape index (κ2) is 10.6. The van der Waals surface area contributed by atoms with E-state index in [1.807, 2.05) is 31.2 Å². The van der Waals surface area contributed by atoms with Crippen molar-refractivity contribution in [2.24, 2.45) is 5.92 Å². The van der Waals surface area contributed by atoms with E-state index in [0.717, 1.165) is 24.1 Å². The molecule has 1 aliphatic carbocycles. The minimum absolute atomic E-state index is 0.0562. The highest BCUT2D eigenvalue weighted by atomic mass is 35.5. The summed E-state index contributed by atoms with van der Waals surface area (Å²) in [5, 5.41) is 5.31. The number of rotatable bonds is 9. The summed E-state index contributed by atoms with van der Waals surface area (Å²) < 4.78 is 27.9. The van der Waals surface area contributed by atoms with Gasteiger partial charge in [-0.25, -0.2) is 9.07 Å². The van der Waals surface area contributed by atoms with Crippen LogP contribution in [0.4, 0.5) is 4.39 Å². The van der Waals surface area contributed by atoms with E-state index < -0.39 is 5.82 Å². The van der Waals surface area contributed by atoms with Crippen LogP contribution in [0.15, 0.2) is 72.8 Å². The Morgan fingerprint density at radius 2 is 1.81 bits per heavy atom. The summed E-state index contributed by atoms with van der Waals surface area (Å²) in [5.41, 5.74) is 2.21. The zero-order chi connectivity index (χ0) is 25.9. The summed E-state index contributed by atoms with van der Waals surface area (Å²) in [7, 11) is 1.60. The first kappa shape index (κ1) is 24.8. The van der Waals surface area contributed by atoms with Crippen LogP contribution in [0.3, 0.4) is 0 Å². The second-order valence-electron chi connectivity index (χ2n) is 9.15. The van der Waals surface area contributed by atoms with Gasteiger partial charge in [0.05, 0.1) is 36.2 Å². The third kappa shape index (κ3) is 5.62. The molecule has 0 spiro atoms. The fraction of sp³-hybridized carbons (Fsp3) is 0.241. The molecule has 0 aliphatic heterocycles. The molecule has 6 nitrogen and oxygen atoms in total. The average Bonchev–Trinajstić information content (AvgIpc) is 3.67. The van der Waals surface area contributed by atoms with Crippen molar-refractivity contribution in [1.82, 2.24) is 14.7 Å². The van der Waals surface area contributed by atoms with Crippen LogP contribution in [0.5, 0.6) is 17.4 Å². The lowest BCUT2D eigenvalue weighted by atomic mass is 10.1. The Hall–Kier alpha value is -3.84. The molecule has 0 bridgehead atoms. The van der Waals surface area contributed by atoms with E-state index in [9.17, 15) is 9.18 Å². The Morgan fingerprint density at radius 3 is 2.49 bits per heavy atom. The number of hydrogen-bond acceptors (Lipinski definition) is 4. The molecule has 0 radical (unpaired) electrons. The summed E-state index contributed by atoms with van der Waals surface area (Å²) in [6.45, 7) is 2.64. The maximum absolute atomic E-state index is 14.6. The molecule has 1 heterocycles. The van der Waals surface area contributed by atoms with Gasteiger partial charge in [0, 0.05) is 11.6 Å². The zero-order valence-corrected chi connectivity index (χ0v) is 21.4. The Bertz CT molecular complexity index is 1420. The smallest absolute Gasteiger partial charge is 0.257 e. The fourth-order valence-corrected chi connectivity index (χ4v) is 4.38. The quantitative estimate of drug-likeness (QED) is 0.243. The van der Waals surface area contributed by atoms with Crippen LogP contribution in [0.1, 0.15) is 34.5 Å². The molecule has 190 valence electrons. The van der Waals surface area contributed by atoms with E-state index >= 15 is 0 Å². The van der Waals surface area contributed by atoms with Crippen molar-refractivity contribution in [3.63, 3.8) is 0 Å². The van der Waals surface area contributed by atoms with E-state index in [1.54, 1.807) is 53.1 Å². The SMILES string of the molecule is COc1ccc(Oc2c(CN(CC3CC3)C(=O)c3ccccc3F)c(C)nn2-c2cccc(Cl)c2)cc1. The highest BCUT2D eigenvalue weighted by Gasteiger charge is 2.31. The highest BCUT2D eigenvalue weighted by Crippen LogP contribution is 2.35. The van der Waals surface area contributed by atoms with E-state index in [-0.39, 0.29) is 18.0 Å². The minimum Gasteiger partial charge on any atom is -0.497 e. The monoisotopic (exact) mass is 519 g/mol. The van der Waals surface area contributed by atoms with Gasteiger partial charge in [0.25, 0.3) is 5.91 Å². The molecule has 1 fully saturated rings. The van der Waals surface area contributed by atoms with Crippen LogP contribution in [0.2, 0.25) is 5.02 Å². The molecule has 1 amide bonds. The zero-order valence-electron chi connectivity index (χ0n) is 20.7. The third-order valence-corrected chi connectivity index (χ3v) is 6.62. The van der Waals surface area contributed by atoms with Crippen molar-refractivity contribution in [2.75, 3.05) is 13.7 Å². The molecule has 0 saturated heterocycles. The number of hydrogen-bond donors (Lipinski definition) is 0. The van der Waals surface area contributed by atoms with E-state index in [2.05, 4.69) is 0 Å². The van der Waals surface area contributed by atoms with Crippen molar-refractivity contribution in [3.8, 4) is 23.1 Å². The van der Waals surface area contributed by atoms with Gasteiger partial charge in [0.1, 0.15) is 17.3 Å². The van der Waals surface area contributed by atoms with Gasteiger partial charge in [-0.05, 0) is 80.3 Å². The number of benzene rings is 3. The lowest BCUT2D eigenvalue weighted by Gasteiger charge is -2.23. The average molecular weight is 520 g/mol. The molecule has 1 aromatic heterocycles. The van der Waals surface area contributed by atoms with Gasteiger partial charge in [-0.15, -0.1) is 0 Å². The third-order valence-electron chi connectivity index (χ3n) is 6.38. The van der Waals surface area contributed by atoms with Gasteiger partial charge in [-0.3, -0.25) is 4.79 Å². The Kier molecular flexibility index (Phi) is 7.15. The lowest BCUT2D eigenvalue weighted by Crippen LogP contribution is -2.33. The van der Waals surface area contributed by atoms with Crippen molar-refractivity contribution >= 4 is 17.5 Å². The standard InChI is InChI=1S/C29H27ClFN3O3/c1-19-26(18-33(17-20-10-11-20)28(35)25-8-3-4-9-27(25)31)29(37-24-14-12-23(36-2)13-15-24)34(32-19)22-7-5-6-21(30)16-22/h3-9,12-16,20H,10-11,17-18H2,1-2H3. The number of nitrogens with zero attached hydrogens (tertiary/aromatic N) is 3. The Balaban J connectivity index is 1.56. The number of ether oxygens (including phenoxy) is 2. The molecule has 5 rings (SSSR count). The van der Waals surface area contributed by atoms with Crippen molar-refractivity contribution in [2.45, 2.75) is 26.3 Å². The highest BCUT2D eigenvalue weighted by molar-refractivity contribution is 6.30. The number of methoxy groups -OCH3 is 1. The number of carbonyl (C=O) groups excluding carboxylic acids is 1. The van der Waals surface area contributed by atoms with Crippen LogP contribution < -0.4 is 9.47 Å². The molecule has 37 heavy (non-hydrogen) atoms. The van der Waals surface area contributed by atoms with E-state index in [1.165, 1.54) is 12.1 Å². The fourth-order valence-electron chi connectivity index (χ4n) is 4.19. The first-order valence-corrected chi connectivity index (χ1v) is 12.5. The van der Waals surface area contributed by atoms with E-state index in [0.29, 0.717) is 40.6 Å². The van der Waals surface area contributed by atoms with E-state index in [4.69, 9.17) is 26.2 Å². The topological polar surface area (TPSA) is 56.6 Å². The van der Waals surface area contributed by atoms with Crippen LogP contribution in [-0.2, 0) is 6.54 Å². The van der Waals surface area contributed by atoms with Gasteiger partial charge in [-0.1, -0.05) is 29.8 Å². The van der Waals surface area contributed by atoms with Gasteiger partial charge < -0.3 is 14.4 Å². The molecule has 1 saturated carbocycles. The second-order valence-corrected chi connectivity index (χ2v) is 9.58. The predicted molar refractivity (Wildman–Crippen MR) is 140 cm³/mol. The number of carbonyl (C=O) groups is 1. The predicted octanol–water partition coefficient (Wildman–Crippen LogP) is 6.83. The first-order chi connectivity index (χ1) is 17.9. The van der Waals surface area contributed by atoms with Crippen molar-refractivity contribution in [1.29, 1.82) is 0 Å². The van der Waals surface area contributed by atoms with Crippen LogP contribution in [0.25, 0.3) is 5.69 Å². The molecule has 4 aromatic rings. The van der Waals surface area contributed by atoms with Crippen LogP contribution in [0, 0.1) is 18.7 Å². The molecule has 1 aliphatic rings. The maximum atomic E-state index is 14.6. The largest absolute Gasteiger partial charge is 0.497 e. The Morgan fingerprint density at radius 1 is 1.08 bits per heavy atom. The molecular formula is C29H27ClFN3O3. The number of halogens is 2. The maximum Gasteiger partial charge on any atom is 0.257 e. The van der Waals surface area contributed by atoms with Crippen molar-refractivity contribution < 1.29 is 18.7 Å². The van der Waals surface area contributed by atoms with Crippen LogP contribution in [-0.4, -0.2) is 34.2 Å². The van der Waals surface area contributed by atoms with Gasteiger partial charge in [-0.2, -0.15) is 5.10 Å².